The standard InChI is InChI=1S/C26H40N2O3/c1-30-25-4-2-23(3-5-25)28-9-7-27(8-10-28)18-24(29)19-31-11-6-26-15-20-12-21(16-26)14-22(13-20)17-26/h2-5,20-22,24,29H,6-19H2,1H3/p+1/t20?,21?,22?,24-,26?/m1/s1. The molecule has 6 rings (SSSR count). The van der Waals surface area contributed by atoms with E-state index in [2.05, 4.69) is 17.0 Å². The Morgan fingerprint density at radius 1 is 1.03 bits per heavy atom. The molecule has 0 spiro atoms. The third-order valence-electron chi connectivity index (χ3n) is 8.68. The fourth-order valence-electron chi connectivity index (χ4n) is 7.57. The van der Waals surface area contributed by atoms with Crippen LogP contribution in [0.1, 0.15) is 44.9 Å². The number of rotatable bonds is 9. The third kappa shape index (κ3) is 5.04. The number of methoxy groups -OCH3 is 1. The van der Waals surface area contributed by atoms with Gasteiger partial charge >= 0.3 is 0 Å². The second kappa shape index (κ2) is 9.29. The zero-order valence-electron chi connectivity index (χ0n) is 19.2. The van der Waals surface area contributed by atoms with Gasteiger partial charge in [0.2, 0.25) is 0 Å². The molecule has 172 valence electrons. The van der Waals surface area contributed by atoms with Gasteiger partial charge in [0.15, 0.2) is 0 Å². The van der Waals surface area contributed by atoms with Gasteiger partial charge in [-0.25, -0.2) is 0 Å². The van der Waals surface area contributed by atoms with E-state index in [0.717, 1.165) is 62.8 Å². The fourth-order valence-corrected chi connectivity index (χ4v) is 7.57. The first-order chi connectivity index (χ1) is 15.1. The Balaban J connectivity index is 0.992. The number of anilines is 1. The first-order valence-electron chi connectivity index (χ1n) is 12.6. The smallest absolute Gasteiger partial charge is 0.126 e. The number of aliphatic hydroxyl groups is 1. The maximum Gasteiger partial charge on any atom is 0.126 e. The molecule has 5 fully saturated rings. The second-order valence-corrected chi connectivity index (χ2v) is 11.0. The third-order valence-corrected chi connectivity index (χ3v) is 8.68. The van der Waals surface area contributed by atoms with Crippen LogP contribution < -0.4 is 14.5 Å². The number of nitrogens with zero attached hydrogens (tertiary/aromatic N) is 1. The van der Waals surface area contributed by atoms with E-state index in [-0.39, 0.29) is 6.10 Å². The molecular formula is C26H41N2O3+. The highest BCUT2D eigenvalue weighted by molar-refractivity contribution is 5.49. The van der Waals surface area contributed by atoms with Crippen LogP contribution in [0, 0.1) is 23.2 Å². The number of quaternary nitrogens is 1. The summed E-state index contributed by atoms with van der Waals surface area (Å²) < 4.78 is 11.3. The molecule has 1 aromatic rings. The number of hydrogen-bond donors (Lipinski definition) is 2. The molecule has 1 aromatic carbocycles. The molecule has 2 N–H and O–H groups in total. The Bertz CT molecular complexity index is 679. The molecule has 1 atom stereocenters. The van der Waals surface area contributed by atoms with Crippen molar-refractivity contribution in [2.24, 2.45) is 23.2 Å². The van der Waals surface area contributed by atoms with Crippen LogP contribution in [0.4, 0.5) is 5.69 Å². The van der Waals surface area contributed by atoms with Crippen LogP contribution in [0.25, 0.3) is 0 Å². The van der Waals surface area contributed by atoms with Gasteiger partial charge in [-0.1, -0.05) is 0 Å². The molecule has 4 bridgehead atoms. The minimum absolute atomic E-state index is 0.348. The van der Waals surface area contributed by atoms with Gasteiger partial charge in [-0.05, 0) is 92.4 Å². The molecule has 0 unspecified atom stereocenters. The van der Waals surface area contributed by atoms with Gasteiger partial charge < -0.3 is 24.4 Å². The van der Waals surface area contributed by atoms with Crippen molar-refractivity contribution in [1.82, 2.24) is 0 Å². The molecule has 1 aliphatic heterocycles. The van der Waals surface area contributed by atoms with E-state index in [9.17, 15) is 5.11 Å². The molecular weight excluding hydrogens is 388 g/mol. The van der Waals surface area contributed by atoms with Crippen LogP contribution in [-0.4, -0.2) is 64.3 Å². The molecule has 1 heterocycles. The maximum absolute atomic E-state index is 10.5. The van der Waals surface area contributed by atoms with Crippen molar-refractivity contribution in [2.75, 3.05) is 57.9 Å². The Hall–Kier alpha value is -1.30. The summed E-state index contributed by atoms with van der Waals surface area (Å²) in [4.78, 5) is 3.92. The highest BCUT2D eigenvalue weighted by Crippen LogP contribution is 2.61. The van der Waals surface area contributed by atoms with Gasteiger partial charge in [-0.15, -0.1) is 0 Å². The molecule has 1 saturated heterocycles. The molecule has 31 heavy (non-hydrogen) atoms. The summed E-state index contributed by atoms with van der Waals surface area (Å²) in [5, 5.41) is 10.5. The number of hydrogen-bond acceptors (Lipinski definition) is 4. The van der Waals surface area contributed by atoms with E-state index in [0.29, 0.717) is 12.0 Å². The van der Waals surface area contributed by atoms with Crippen LogP contribution >= 0.6 is 0 Å². The van der Waals surface area contributed by atoms with E-state index >= 15 is 0 Å². The van der Waals surface area contributed by atoms with Gasteiger partial charge in [0.25, 0.3) is 0 Å². The predicted octanol–water partition coefficient (Wildman–Crippen LogP) is 2.38. The maximum atomic E-state index is 10.5. The summed E-state index contributed by atoms with van der Waals surface area (Å²) >= 11 is 0. The number of piperazine rings is 1. The van der Waals surface area contributed by atoms with Gasteiger partial charge in [0.1, 0.15) is 18.4 Å². The lowest BCUT2D eigenvalue weighted by molar-refractivity contribution is -0.903. The minimum Gasteiger partial charge on any atom is -0.497 e. The van der Waals surface area contributed by atoms with Crippen molar-refractivity contribution in [1.29, 1.82) is 0 Å². The van der Waals surface area contributed by atoms with Crippen molar-refractivity contribution in [3.8, 4) is 5.75 Å². The van der Waals surface area contributed by atoms with Crippen LogP contribution in [-0.2, 0) is 4.74 Å². The molecule has 0 radical (unpaired) electrons. The van der Waals surface area contributed by atoms with Crippen LogP contribution in [0.5, 0.6) is 5.75 Å². The van der Waals surface area contributed by atoms with Crippen molar-refractivity contribution in [3.05, 3.63) is 24.3 Å². The highest BCUT2D eigenvalue weighted by atomic mass is 16.5. The molecule has 0 amide bonds. The summed E-state index contributed by atoms with van der Waals surface area (Å²) in [6.45, 7) is 6.32. The highest BCUT2D eigenvalue weighted by Gasteiger charge is 2.50. The second-order valence-electron chi connectivity index (χ2n) is 11.0. The first kappa shape index (κ1) is 21.5. The minimum atomic E-state index is -0.348. The Kier molecular flexibility index (Phi) is 6.45. The lowest BCUT2D eigenvalue weighted by Gasteiger charge is -2.57. The van der Waals surface area contributed by atoms with Crippen LogP contribution in [0.3, 0.4) is 0 Å². The van der Waals surface area contributed by atoms with E-state index in [4.69, 9.17) is 9.47 Å². The fraction of sp³-hybridized carbons (Fsp3) is 0.769. The summed E-state index contributed by atoms with van der Waals surface area (Å²) in [6, 6.07) is 8.32. The summed E-state index contributed by atoms with van der Waals surface area (Å²) in [5.41, 5.74) is 1.84. The molecule has 4 saturated carbocycles. The number of benzene rings is 1. The first-order valence-corrected chi connectivity index (χ1v) is 12.6. The Morgan fingerprint density at radius 2 is 1.65 bits per heavy atom. The monoisotopic (exact) mass is 429 g/mol. The van der Waals surface area contributed by atoms with E-state index < -0.39 is 0 Å². The lowest BCUT2D eigenvalue weighted by atomic mass is 9.49. The van der Waals surface area contributed by atoms with Gasteiger partial charge in [-0.3, -0.25) is 0 Å². The summed E-state index contributed by atoms with van der Waals surface area (Å²) in [7, 11) is 1.70. The van der Waals surface area contributed by atoms with Crippen molar-refractivity contribution < 1.29 is 19.5 Å². The molecule has 5 heteroatoms. The average molecular weight is 430 g/mol. The van der Waals surface area contributed by atoms with E-state index in [1.807, 2.05) is 12.1 Å². The Morgan fingerprint density at radius 3 is 2.23 bits per heavy atom. The molecule has 0 aromatic heterocycles. The lowest BCUT2D eigenvalue weighted by Crippen LogP contribution is -3.16. The SMILES string of the molecule is COc1ccc(N2CC[NH+](C[C@@H](O)COCCC34CC5CC(CC(C5)C3)C4)CC2)cc1. The Labute approximate surface area is 187 Å². The topological polar surface area (TPSA) is 46.4 Å². The number of ether oxygens (including phenoxy) is 2. The molecule has 4 aliphatic carbocycles. The van der Waals surface area contributed by atoms with Gasteiger partial charge in [0.05, 0.1) is 39.9 Å². The molecule has 5 nitrogen and oxygen atoms in total. The molecule has 5 aliphatic rings. The van der Waals surface area contributed by atoms with Crippen LogP contribution in [0.15, 0.2) is 24.3 Å². The average Bonchev–Trinajstić information content (AvgIpc) is 2.76. The van der Waals surface area contributed by atoms with Crippen LogP contribution in [0.2, 0.25) is 0 Å². The zero-order valence-corrected chi connectivity index (χ0v) is 19.2. The van der Waals surface area contributed by atoms with Gasteiger partial charge in [-0.2, -0.15) is 0 Å². The largest absolute Gasteiger partial charge is 0.497 e. The quantitative estimate of drug-likeness (QED) is 0.592. The normalized spacial score (nSPS) is 33.6. The summed E-state index contributed by atoms with van der Waals surface area (Å²) in [6.07, 6.45) is 9.75. The van der Waals surface area contributed by atoms with E-state index in [1.165, 1.54) is 55.5 Å². The van der Waals surface area contributed by atoms with Crippen molar-refractivity contribution in [3.63, 3.8) is 0 Å². The zero-order chi connectivity index (χ0) is 21.3. The predicted molar refractivity (Wildman–Crippen MR) is 123 cm³/mol. The number of nitrogens with one attached hydrogen (secondary N) is 1. The number of aliphatic hydroxyl groups excluding tert-OH is 1. The van der Waals surface area contributed by atoms with Crippen molar-refractivity contribution in [2.45, 2.75) is 51.0 Å². The van der Waals surface area contributed by atoms with Crippen molar-refractivity contribution >= 4 is 5.69 Å². The summed E-state index contributed by atoms with van der Waals surface area (Å²) in [5.74, 6) is 3.94. The van der Waals surface area contributed by atoms with Gasteiger partial charge in [0, 0.05) is 12.3 Å². The van der Waals surface area contributed by atoms with E-state index in [1.54, 1.807) is 7.11 Å².